The number of nitrogens with zero attached hydrogens (tertiary/aromatic N) is 1. The van der Waals surface area contributed by atoms with Crippen LogP contribution in [0.3, 0.4) is 0 Å². The van der Waals surface area contributed by atoms with Crippen molar-refractivity contribution in [3.8, 4) is 5.75 Å². The van der Waals surface area contributed by atoms with Crippen molar-refractivity contribution < 1.29 is 13.5 Å². The number of ether oxygens (including phenoxy) is 1. The largest absolute Gasteiger partial charge is 0.493 e. The smallest absolute Gasteiger partial charge is 0.141 e. The Bertz CT molecular complexity index is 870. The lowest BCUT2D eigenvalue weighted by atomic mass is 9.88. The molecule has 1 spiro atoms. The molecule has 2 aliphatic heterocycles. The number of hydrogen-bond acceptors (Lipinski definition) is 4. The molecule has 0 amide bonds. The van der Waals surface area contributed by atoms with Crippen LogP contribution in [-0.4, -0.2) is 11.7 Å². The molecule has 2 heterocycles. The number of thioether (sulfide) groups is 1. The Morgan fingerprint density at radius 3 is 3.00 bits per heavy atom. The number of halogens is 2. The number of hydrazone groups is 1. The fraction of sp³-hybridized carbons (Fsp3) is 0.211. The van der Waals surface area contributed by atoms with Crippen LogP contribution in [0.5, 0.6) is 5.75 Å². The molecule has 2 aromatic carbocycles. The van der Waals surface area contributed by atoms with Gasteiger partial charge in [-0.1, -0.05) is 36.0 Å². The van der Waals surface area contributed by atoms with Crippen molar-refractivity contribution in [2.45, 2.75) is 11.3 Å². The Balaban J connectivity index is 1.76. The van der Waals surface area contributed by atoms with Gasteiger partial charge in [0.15, 0.2) is 0 Å². The van der Waals surface area contributed by atoms with Crippen molar-refractivity contribution in [2.75, 3.05) is 6.61 Å². The number of hydrogen-bond donors (Lipinski definition) is 1. The van der Waals surface area contributed by atoms with Crippen LogP contribution in [0.15, 0.2) is 60.2 Å². The summed E-state index contributed by atoms with van der Waals surface area (Å²) in [5, 5.41) is 4.78. The zero-order valence-electron chi connectivity index (χ0n) is 13.3. The van der Waals surface area contributed by atoms with E-state index in [4.69, 9.17) is 4.74 Å². The van der Waals surface area contributed by atoms with Crippen molar-refractivity contribution in [3.63, 3.8) is 0 Å². The van der Waals surface area contributed by atoms with Gasteiger partial charge in [-0.05, 0) is 30.7 Å². The molecular formula is C19H16F2N2OS. The summed E-state index contributed by atoms with van der Waals surface area (Å²) in [4.78, 5) is -0.586. The maximum atomic E-state index is 14.2. The minimum Gasteiger partial charge on any atom is -0.493 e. The third kappa shape index (κ3) is 2.61. The first-order chi connectivity index (χ1) is 12.1. The standard InChI is InChI=1S/C19H16F2N2OS/c1-2-5-12-11-24-17-7-4-3-6-15(17)19(12)23-22-18(25-19)14-10-13(20)8-9-16(14)21/h2-4,6-10,12,23H,1,5,11H2/t12-,19+/m0/s1. The SMILES string of the molecule is C=CC[C@H]1COc2ccccc2[C@@]12NN=C(c1cc(F)ccc1F)S2. The summed E-state index contributed by atoms with van der Waals surface area (Å²) in [7, 11) is 0. The highest BCUT2D eigenvalue weighted by Crippen LogP contribution is 2.52. The summed E-state index contributed by atoms with van der Waals surface area (Å²) in [6.45, 7) is 4.33. The van der Waals surface area contributed by atoms with Crippen molar-refractivity contribution in [3.05, 3.63) is 77.9 Å². The van der Waals surface area contributed by atoms with Gasteiger partial charge in [0.25, 0.3) is 0 Å². The highest BCUT2D eigenvalue weighted by molar-refractivity contribution is 8.15. The van der Waals surface area contributed by atoms with Gasteiger partial charge in [-0.25, -0.2) is 8.78 Å². The highest BCUT2D eigenvalue weighted by Gasteiger charge is 2.50. The molecule has 128 valence electrons. The molecule has 0 aromatic heterocycles. The quantitative estimate of drug-likeness (QED) is 0.826. The lowest BCUT2D eigenvalue weighted by molar-refractivity contribution is 0.163. The first-order valence-corrected chi connectivity index (χ1v) is 8.78. The topological polar surface area (TPSA) is 33.6 Å². The lowest BCUT2D eigenvalue weighted by Gasteiger charge is -2.40. The molecule has 2 atom stereocenters. The third-order valence-electron chi connectivity index (χ3n) is 4.49. The minimum atomic E-state index is -0.586. The Morgan fingerprint density at radius 2 is 2.16 bits per heavy atom. The molecule has 0 bridgehead atoms. The average molecular weight is 358 g/mol. The van der Waals surface area contributed by atoms with Gasteiger partial charge in [-0.2, -0.15) is 5.10 Å². The van der Waals surface area contributed by atoms with Crippen LogP contribution in [0.1, 0.15) is 17.5 Å². The molecule has 0 radical (unpaired) electrons. The van der Waals surface area contributed by atoms with E-state index in [0.717, 1.165) is 23.4 Å². The predicted octanol–water partition coefficient (Wildman–Crippen LogP) is 4.40. The Morgan fingerprint density at radius 1 is 1.32 bits per heavy atom. The van der Waals surface area contributed by atoms with Crippen molar-refractivity contribution in [2.24, 2.45) is 11.0 Å². The molecule has 0 saturated heterocycles. The molecule has 0 unspecified atom stereocenters. The van der Waals surface area contributed by atoms with Gasteiger partial charge in [-0.15, -0.1) is 6.58 Å². The summed E-state index contributed by atoms with van der Waals surface area (Å²) in [5.41, 5.74) is 4.31. The second-order valence-corrected chi connectivity index (χ2v) is 7.25. The second kappa shape index (κ2) is 6.19. The van der Waals surface area contributed by atoms with Crippen molar-refractivity contribution >= 4 is 16.8 Å². The Kier molecular flexibility index (Phi) is 4.00. The van der Waals surface area contributed by atoms with E-state index in [1.807, 2.05) is 30.3 Å². The maximum absolute atomic E-state index is 14.2. The zero-order valence-corrected chi connectivity index (χ0v) is 14.2. The van der Waals surface area contributed by atoms with Crippen LogP contribution in [-0.2, 0) is 4.87 Å². The number of benzene rings is 2. The van der Waals surface area contributed by atoms with Gasteiger partial charge < -0.3 is 4.74 Å². The van der Waals surface area contributed by atoms with E-state index in [0.29, 0.717) is 18.1 Å². The fourth-order valence-electron chi connectivity index (χ4n) is 3.26. The molecule has 2 aromatic rings. The van der Waals surface area contributed by atoms with Gasteiger partial charge in [0.2, 0.25) is 0 Å². The Labute approximate surface area is 148 Å². The molecule has 25 heavy (non-hydrogen) atoms. The summed E-state index contributed by atoms with van der Waals surface area (Å²) in [5.74, 6) is -0.149. The minimum absolute atomic E-state index is 0.0581. The van der Waals surface area contributed by atoms with Crippen LogP contribution in [0.25, 0.3) is 0 Å². The van der Waals surface area contributed by atoms with Crippen LogP contribution < -0.4 is 10.2 Å². The lowest BCUT2D eigenvalue weighted by Crippen LogP contribution is -2.46. The number of para-hydroxylation sites is 1. The van der Waals surface area contributed by atoms with Crippen LogP contribution in [0.4, 0.5) is 8.78 Å². The van der Waals surface area contributed by atoms with Crippen LogP contribution in [0, 0.1) is 17.6 Å². The van der Waals surface area contributed by atoms with E-state index in [1.54, 1.807) is 0 Å². The second-order valence-electron chi connectivity index (χ2n) is 6.02. The zero-order chi connectivity index (χ0) is 17.4. The van der Waals surface area contributed by atoms with Gasteiger partial charge in [-0.3, -0.25) is 5.43 Å². The van der Waals surface area contributed by atoms with E-state index < -0.39 is 16.5 Å². The van der Waals surface area contributed by atoms with Crippen molar-refractivity contribution in [1.82, 2.24) is 5.43 Å². The van der Waals surface area contributed by atoms with Gasteiger partial charge in [0.1, 0.15) is 27.3 Å². The van der Waals surface area contributed by atoms with E-state index in [1.165, 1.54) is 17.8 Å². The molecule has 3 nitrogen and oxygen atoms in total. The number of allylic oxidation sites excluding steroid dienone is 1. The van der Waals surface area contributed by atoms with Crippen molar-refractivity contribution in [1.29, 1.82) is 0 Å². The summed E-state index contributed by atoms with van der Waals surface area (Å²) < 4.78 is 33.6. The van der Waals surface area contributed by atoms with E-state index in [9.17, 15) is 8.78 Å². The van der Waals surface area contributed by atoms with Crippen LogP contribution in [0.2, 0.25) is 0 Å². The maximum Gasteiger partial charge on any atom is 0.141 e. The van der Waals surface area contributed by atoms with E-state index in [-0.39, 0.29) is 11.5 Å². The normalized spacial score (nSPS) is 24.2. The monoisotopic (exact) mass is 358 g/mol. The van der Waals surface area contributed by atoms with E-state index >= 15 is 0 Å². The van der Waals surface area contributed by atoms with Gasteiger partial charge >= 0.3 is 0 Å². The first-order valence-electron chi connectivity index (χ1n) is 7.96. The number of nitrogens with one attached hydrogen (secondary N) is 1. The number of rotatable bonds is 3. The number of fused-ring (bicyclic) bond motifs is 2. The highest BCUT2D eigenvalue weighted by atomic mass is 32.2. The predicted molar refractivity (Wildman–Crippen MR) is 95.5 cm³/mol. The van der Waals surface area contributed by atoms with Crippen LogP contribution >= 0.6 is 11.8 Å². The van der Waals surface area contributed by atoms with Gasteiger partial charge in [0.05, 0.1) is 6.61 Å². The molecule has 6 heteroatoms. The average Bonchev–Trinajstić information content (AvgIpc) is 3.06. The molecule has 1 N–H and O–H groups in total. The molecule has 0 saturated carbocycles. The molecular weight excluding hydrogens is 342 g/mol. The first kappa shape index (κ1) is 16.1. The third-order valence-corrected chi connectivity index (χ3v) is 5.96. The molecule has 2 aliphatic rings. The van der Waals surface area contributed by atoms with E-state index in [2.05, 4.69) is 17.1 Å². The molecule has 0 aliphatic carbocycles. The molecule has 0 fully saturated rings. The van der Waals surface area contributed by atoms with Gasteiger partial charge in [0, 0.05) is 17.0 Å². The summed E-state index contributed by atoms with van der Waals surface area (Å²) >= 11 is 1.41. The Hall–Kier alpha value is -2.34. The summed E-state index contributed by atoms with van der Waals surface area (Å²) in [6, 6.07) is 11.1. The fourth-order valence-corrected chi connectivity index (χ4v) is 4.62. The molecule has 4 rings (SSSR count). The summed E-state index contributed by atoms with van der Waals surface area (Å²) in [6.07, 6.45) is 2.55.